The van der Waals surface area contributed by atoms with Gasteiger partial charge in [-0.1, -0.05) is 52.4 Å². The first-order valence-corrected chi connectivity index (χ1v) is 13.1. The molecule has 0 rings (SSSR count). The van der Waals surface area contributed by atoms with E-state index >= 15 is 0 Å². The molecule has 0 aromatic rings. The molecule has 3 N–H and O–H groups in total. The summed E-state index contributed by atoms with van der Waals surface area (Å²) in [6.07, 6.45) is 8.96. The zero-order chi connectivity index (χ0) is 29.4. The van der Waals surface area contributed by atoms with Gasteiger partial charge in [0, 0.05) is 19.8 Å². The van der Waals surface area contributed by atoms with Crippen molar-refractivity contribution < 1.29 is 58.3 Å². The van der Waals surface area contributed by atoms with Gasteiger partial charge in [0.05, 0.1) is 26.1 Å². The number of carbonyl (C=O) groups is 6. The van der Waals surface area contributed by atoms with Gasteiger partial charge in [-0.3, -0.25) is 24.0 Å². The number of rotatable bonds is 20. The fraction of sp³-hybridized carbons (Fsp3) is 0.769. The maximum atomic E-state index is 11.4. The molecule has 0 heterocycles. The molecule has 1 unspecified atom stereocenters. The van der Waals surface area contributed by atoms with Gasteiger partial charge in [0.15, 0.2) is 5.60 Å². The Bertz CT molecular complexity index is 706. The van der Waals surface area contributed by atoms with Crippen LogP contribution in [0.5, 0.6) is 0 Å². The third-order valence-electron chi connectivity index (χ3n) is 5.07. The fourth-order valence-corrected chi connectivity index (χ4v) is 2.95. The van der Waals surface area contributed by atoms with Crippen LogP contribution in [-0.2, 0) is 43.0 Å². The minimum atomic E-state index is -2.78. The van der Waals surface area contributed by atoms with Crippen molar-refractivity contribution >= 4 is 35.8 Å². The summed E-state index contributed by atoms with van der Waals surface area (Å²) in [4.78, 5) is 64.8. The van der Waals surface area contributed by atoms with E-state index in [0.717, 1.165) is 71.1 Å². The molecule has 0 aliphatic heterocycles. The Labute approximate surface area is 224 Å². The zero-order valence-corrected chi connectivity index (χ0v) is 22.8. The minimum Gasteiger partial charge on any atom is -0.481 e. The molecule has 1 atom stereocenters. The van der Waals surface area contributed by atoms with Crippen LogP contribution in [0.3, 0.4) is 0 Å². The zero-order valence-electron chi connectivity index (χ0n) is 22.8. The maximum Gasteiger partial charge on any atom is 0.336 e. The summed E-state index contributed by atoms with van der Waals surface area (Å²) in [5, 5.41) is 26.3. The summed E-state index contributed by atoms with van der Waals surface area (Å²) in [6.45, 7) is 6.19. The Morgan fingerprint density at radius 3 is 1.39 bits per heavy atom. The molecular formula is C26H44O12. The first-order chi connectivity index (χ1) is 17.9. The first-order valence-electron chi connectivity index (χ1n) is 13.1. The topological polar surface area (TPSA) is 191 Å². The van der Waals surface area contributed by atoms with Crippen molar-refractivity contribution in [3.8, 4) is 0 Å². The molecule has 38 heavy (non-hydrogen) atoms. The van der Waals surface area contributed by atoms with Crippen molar-refractivity contribution in [2.75, 3.05) is 13.2 Å². The third-order valence-corrected chi connectivity index (χ3v) is 5.07. The standard InChI is InChI=1S/C18H34O4.C8H10O8/c1-3-5-15-21-17(19)13-11-9-7-8-10-12-14-18(20)22-16-6-4-2;1-4(9)16-6(12)3-8(15,7(13)14)2-5(10)11/h3-16H2,1-2H3;15H,2-3H2,1H3,(H,10,11)(H,13,14). The van der Waals surface area contributed by atoms with Crippen LogP contribution in [0.15, 0.2) is 0 Å². The van der Waals surface area contributed by atoms with Gasteiger partial charge in [-0.05, 0) is 25.7 Å². The number of carbonyl (C=O) groups excluding carboxylic acids is 4. The number of carboxylic acids is 2. The number of aliphatic carboxylic acids is 2. The first kappa shape index (κ1) is 37.1. The van der Waals surface area contributed by atoms with E-state index in [9.17, 15) is 33.9 Å². The number of hydrogen-bond acceptors (Lipinski definition) is 10. The van der Waals surface area contributed by atoms with Crippen molar-refractivity contribution in [2.45, 2.75) is 116 Å². The highest BCUT2D eigenvalue weighted by molar-refractivity contribution is 5.91. The van der Waals surface area contributed by atoms with E-state index in [0.29, 0.717) is 26.1 Å². The Morgan fingerprint density at radius 2 is 1.05 bits per heavy atom. The lowest BCUT2D eigenvalue weighted by Gasteiger charge is -2.19. The van der Waals surface area contributed by atoms with Gasteiger partial charge < -0.3 is 29.5 Å². The number of carboxylic acid groups (broad SMARTS) is 2. The molecule has 220 valence electrons. The van der Waals surface area contributed by atoms with Crippen LogP contribution in [0.25, 0.3) is 0 Å². The van der Waals surface area contributed by atoms with E-state index < -0.39 is 42.3 Å². The average Bonchev–Trinajstić information content (AvgIpc) is 2.80. The molecule has 0 spiro atoms. The summed E-state index contributed by atoms with van der Waals surface area (Å²) in [5.74, 6) is -5.89. The molecule has 0 aromatic heterocycles. The van der Waals surface area contributed by atoms with Crippen molar-refractivity contribution in [3.63, 3.8) is 0 Å². The molecule has 0 radical (unpaired) electrons. The van der Waals surface area contributed by atoms with Gasteiger partial charge in [-0.25, -0.2) is 4.79 Å². The van der Waals surface area contributed by atoms with Crippen molar-refractivity contribution in [3.05, 3.63) is 0 Å². The van der Waals surface area contributed by atoms with E-state index in [4.69, 9.17) is 19.7 Å². The molecule has 12 heteroatoms. The smallest absolute Gasteiger partial charge is 0.336 e. The number of ether oxygens (including phenoxy) is 3. The van der Waals surface area contributed by atoms with E-state index in [2.05, 4.69) is 18.6 Å². The minimum absolute atomic E-state index is 0.0664. The van der Waals surface area contributed by atoms with E-state index in [1.807, 2.05) is 0 Å². The molecule has 12 nitrogen and oxygen atoms in total. The monoisotopic (exact) mass is 548 g/mol. The maximum absolute atomic E-state index is 11.4. The fourth-order valence-electron chi connectivity index (χ4n) is 2.95. The number of esters is 4. The normalized spacial score (nSPS) is 11.8. The van der Waals surface area contributed by atoms with Gasteiger partial charge in [0.1, 0.15) is 0 Å². The summed E-state index contributed by atoms with van der Waals surface area (Å²) in [7, 11) is 0. The van der Waals surface area contributed by atoms with Crippen LogP contribution >= 0.6 is 0 Å². The molecule has 0 amide bonds. The second kappa shape index (κ2) is 23.1. The molecular weight excluding hydrogens is 504 g/mol. The summed E-state index contributed by atoms with van der Waals surface area (Å²) in [6, 6.07) is 0. The van der Waals surface area contributed by atoms with Crippen molar-refractivity contribution in [1.29, 1.82) is 0 Å². The lowest BCUT2D eigenvalue weighted by molar-refractivity contribution is -0.174. The summed E-state index contributed by atoms with van der Waals surface area (Å²) < 4.78 is 14.2. The molecule has 0 aliphatic carbocycles. The van der Waals surface area contributed by atoms with Gasteiger partial charge in [-0.15, -0.1) is 0 Å². The molecule has 0 aliphatic rings. The average molecular weight is 549 g/mol. The SMILES string of the molecule is CC(=O)OC(=O)CC(O)(CC(=O)O)C(=O)O.CCCCOC(=O)CCCCCCCCC(=O)OCCCC. The van der Waals surface area contributed by atoms with E-state index in [-0.39, 0.29) is 11.9 Å². The van der Waals surface area contributed by atoms with Gasteiger partial charge >= 0.3 is 35.8 Å². The predicted molar refractivity (Wildman–Crippen MR) is 135 cm³/mol. The molecule has 0 fully saturated rings. The number of hydrogen-bond donors (Lipinski definition) is 3. The third kappa shape index (κ3) is 23.4. The van der Waals surface area contributed by atoms with E-state index in [1.165, 1.54) is 0 Å². The lowest BCUT2D eigenvalue weighted by Crippen LogP contribution is -2.43. The van der Waals surface area contributed by atoms with E-state index in [1.54, 1.807) is 0 Å². The lowest BCUT2D eigenvalue weighted by atomic mass is 9.96. The second-order valence-electron chi connectivity index (χ2n) is 8.82. The highest BCUT2D eigenvalue weighted by atomic mass is 16.6. The molecule has 0 saturated carbocycles. The Morgan fingerprint density at radius 1 is 0.632 bits per heavy atom. The number of aliphatic hydroxyl groups is 1. The summed E-state index contributed by atoms with van der Waals surface area (Å²) in [5.41, 5.74) is -2.78. The van der Waals surface area contributed by atoms with Gasteiger partial charge in [0.25, 0.3) is 0 Å². The molecule has 0 saturated heterocycles. The Balaban J connectivity index is 0. The second-order valence-corrected chi connectivity index (χ2v) is 8.82. The van der Waals surface area contributed by atoms with Crippen molar-refractivity contribution in [1.82, 2.24) is 0 Å². The molecule has 0 bridgehead atoms. The quantitative estimate of drug-likeness (QED) is 0.0869. The van der Waals surface area contributed by atoms with Gasteiger partial charge in [-0.2, -0.15) is 0 Å². The van der Waals surface area contributed by atoms with Crippen LogP contribution in [0.2, 0.25) is 0 Å². The highest BCUT2D eigenvalue weighted by Crippen LogP contribution is 2.17. The van der Waals surface area contributed by atoms with Crippen LogP contribution in [-0.4, -0.2) is 70.0 Å². The summed E-state index contributed by atoms with van der Waals surface area (Å²) >= 11 is 0. The largest absolute Gasteiger partial charge is 0.481 e. The Kier molecular flexibility index (Phi) is 22.6. The van der Waals surface area contributed by atoms with Crippen LogP contribution in [0, 0.1) is 0 Å². The van der Waals surface area contributed by atoms with Crippen molar-refractivity contribution in [2.24, 2.45) is 0 Å². The molecule has 0 aromatic carbocycles. The number of unbranched alkanes of at least 4 members (excludes halogenated alkanes) is 7. The van der Waals surface area contributed by atoms with Crippen LogP contribution < -0.4 is 0 Å². The van der Waals surface area contributed by atoms with Gasteiger partial charge in [0.2, 0.25) is 0 Å². The van der Waals surface area contributed by atoms with Crippen LogP contribution in [0.4, 0.5) is 0 Å². The highest BCUT2D eigenvalue weighted by Gasteiger charge is 2.41. The van der Waals surface area contributed by atoms with Crippen LogP contribution in [0.1, 0.15) is 111 Å². The predicted octanol–water partition coefficient (Wildman–Crippen LogP) is 3.55. The Hall–Kier alpha value is -3.02.